The highest BCUT2D eigenvalue weighted by Crippen LogP contribution is 2.36. The molecule has 21 heavy (non-hydrogen) atoms. The van der Waals surface area contributed by atoms with Gasteiger partial charge in [-0.3, -0.25) is 4.79 Å². The van der Waals surface area contributed by atoms with Gasteiger partial charge in [-0.15, -0.1) is 0 Å². The second-order valence-electron chi connectivity index (χ2n) is 5.65. The van der Waals surface area contributed by atoms with Gasteiger partial charge in [0.05, 0.1) is 10.6 Å². The molecule has 0 saturated carbocycles. The number of hydrogen-bond donors (Lipinski definition) is 1. The molecule has 1 aromatic carbocycles. The van der Waals surface area contributed by atoms with Gasteiger partial charge >= 0.3 is 0 Å². The predicted octanol–water partition coefficient (Wildman–Crippen LogP) is 3.97. The van der Waals surface area contributed by atoms with E-state index in [4.69, 9.17) is 0 Å². The molecule has 0 aromatic heterocycles. The lowest BCUT2D eigenvalue weighted by Crippen LogP contribution is -2.21. The molecule has 0 unspecified atom stereocenters. The molecule has 108 valence electrons. The highest BCUT2D eigenvalue weighted by molar-refractivity contribution is 8.06. The zero-order valence-electron chi connectivity index (χ0n) is 12.0. The van der Waals surface area contributed by atoms with E-state index in [0.717, 1.165) is 5.70 Å². The fraction of sp³-hybridized carbons (Fsp3) is 0.250. The van der Waals surface area contributed by atoms with Crippen molar-refractivity contribution in [2.75, 3.05) is 0 Å². The molecule has 2 rings (SSSR count). The minimum Gasteiger partial charge on any atom is -0.351 e. The van der Waals surface area contributed by atoms with Crippen LogP contribution >= 0.6 is 11.8 Å². The number of carbonyl (C=O) groups is 1. The van der Waals surface area contributed by atoms with Gasteiger partial charge in [-0.05, 0) is 17.5 Å². The number of allylic oxidation sites excluding steroid dienone is 2. The summed E-state index contributed by atoms with van der Waals surface area (Å²) < 4.78 is 13.7. The standard InChI is InChI=1S/C16H15FN2OS/c1-16(2,3)13-9-21-15(19-13)11(8-18)14(20)10-6-4-5-7-12(10)17/h4-7,9,19H,1-3H3. The van der Waals surface area contributed by atoms with Crippen LogP contribution in [0.4, 0.5) is 4.39 Å². The maximum atomic E-state index is 13.7. The maximum absolute atomic E-state index is 13.7. The van der Waals surface area contributed by atoms with Crippen LogP contribution in [0.1, 0.15) is 31.1 Å². The van der Waals surface area contributed by atoms with Crippen LogP contribution in [0.2, 0.25) is 0 Å². The number of Topliss-reactive ketones (excluding diaryl/α,β-unsaturated/α-hetero) is 1. The Labute approximate surface area is 127 Å². The number of hydrogen-bond acceptors (Lipinski definition) is 4. The summed E-state index contributed by atoms with van der Waals surface area (Å²) in [5.41, 5.74) is 0.654. The van der Waals surface area contributed by atoms with E-state index in [1.54, 1.807) is 6.07 Å². The van der Waals surface area contributed by atoms with Gasteiger partial charge in [0.1, 0.15) is 17.5 Å². The molecule has 1 aliphatic rings. The summed E-state index contributed by atoms with van der Waals surface area (Å²) in [4.78, 5) is 12.3. The third-order valence-corrected chi connectivity index (χ3v) is 3.93. The van der Waals surface area contributed by atoms with E-state index in [1.165, 1.54) is 30.0 Å². The third kappa shape index (κ3) is 3.17. The van der Waals surface area contributed by atoms with Crippen LogP contribution in [0.25, 0.3) is 0 Å². The topological polar surface area (TPSA) is 52.9 Å². The zero-order valence-corrected chi connectivity index (χ0v) is 12.8. The molecule has 0 spiro atoms. The molecule has 3 nitrogen and oxygen atoms in total. The highest BCUT2D eigenvalue weighted by atomic mass is 32.2. The summed E-state index contributed by atoms with van der Waals surface area (Å²) in [6.07, 6.45) is 0. The summed E-state index contributed by atoms with van der Waals surface area (Å²) in [6.45, 7) is 6.08. The predicted molar refractivity (Wildman–Crippen MR) is 81.6 cm³/mol. The van der Waals surface area contributed by atoms with Gasteiger partial charge in [0.2, 0.25) is 5.78 Å². The number of carbonyl (C=O) groups excluding carboxylic acids is 1. The van der Waals surface area contributed by atoms with Crippen molar-refractivity contribution in [1.29, 1.82) is 5.26 Å². The van der Waals surface area contributed by atoms with Crippen LogP contribution in [0, 0.1) is 22.6 Å². The quantitative estimate of drug-likeness (QED) is 0.510. The Morgan fingerprint density at radius 3 is 2.52 bits per heavy atom. The number of benzene rings is 1. The fourth-order valence-electron chi connectivity index (χ4n) is 1.77. The number of ketones is 1. The number of nitrogens with zero attached hydrogens (tertiary/aromatic N) is 1. The van der Waals surface area contributed by atoms with E-state index in [0.29, 0.717) is 5.03 Å². The third-order valence-electron chi connectivity index (χ3n) is 3.04. The molecule has 0 amide bonds. The monoisotopic (exact) mass is 302 g/mol. The molecule has 0 bridgehead atoms. The van der Waals surface area contributed by atoms with Gasteiger partial charge < -0.3 is 5.32 Å². The molecule has 0 radical (unpaired) electrons. The van der Waals surface area contributed by atoms with Gasteiger partial charge in [-0.25, -0.2) is 4.39 Å². The van der Waals surface area contributed by atoms with Crippen molar-refractivity contribution in [2.24, 2.45) is 5.41 Å². The Balaban J connectivity index is 2.35. The number of rotatable bonds is 2. The second-order valence-corrected chi connectivity index (χ2v) is 6.53. The molecule has 1 aromatic rings. The first-order valence-corrected chi connectivity index (χ1v) is 7.30. The smallest absolute Gasteiger partial charge is 0.209 e. The number of nitriles is 1. The van der Waals surface area contributed by atoms with Crippen molar-refractivity contribution in [3.63, 3.8) is 0 Å². The Hall–Kier alpha value is -2.06. The summed E-state index contributed by atoms with van der Waals surface area (Å²) in [5, 5.41) is 14.7. The van der Waals surface area contributed by atoms with Crippen molar-refractivity contribution in [3.05, 3.63) is 57.4 Å². The van der Waals surface area contributed by atoms with Crippen LogP contribution in [0.3, 0.4) is 0 Å². The van der Waals surface area contributed by atoms with Crippen LogP contribution in [-0.4, -0.2) is 5.78 Å². The lowest BCUT2D eigenvalue weighted by Gasteiger charge is -2.20. The molecule has 0 aliphatic carbocycles. The average Bonchev–Trinajstić information content (AvgIpc) is 2.89. The average molecular weight is 302 g/mol. The summed E-state index contributed by atoms with van der Waals surface area (Å²) in [6, 6.07) is 7.56. The van der Waals surface area contributed by atoms with Crippen molar-refractivity contribution < 1.29 is 9.18 Å². The minimum absolute atomic E-state index is 0.0689. The van der Waals surface area contributed by atoms with Gasteiger partial charge in [-0.1, -0.05) is 44.7 Å². The van der Waals surface area contributed by atoms with E-state index in [2.05, 4.69) is 5.32 Å². The van der Waals surface area contributed by atoms with E-state index in [9.17, 15) is 14.4 Å². The van der Waals surface area contributed by atoms with E-state index >= 15 is 0 Å². The first-order valence-electron chi connectivity index (χ1n) is 6.42. The largest absolute Gasteiger partial charge is 0.351 e. The van der Waals surface area contributed by atoms with Crippen LogP contribution < -0.4 is 5.32 Å². The van der Waals surface area contributed by atoms with Gasteiger partial charge in [0.25, 0.3) is 0 Å². The molecule has 0 atom stereocenters. The van der Waals surface area contributed by atoms with Crippen LogP contribution in [-0.2, 0) is 0 Å². The van der Waals surface area contributed by atoms with E-state index in [1.807, 2.05) is 32.2 Å². The lowest BCUT2D eigenvalue weighted by molar-refractivity contribution is 0.103. The Morgan fingerprint density at radius 2 is 2.00 bits per heavy atom. The van der Waals surface area contributed by atoms with Gasteiger partial charge in [0.15, 0.2) is 0 Å². The summed E-state index contributed by atoms with van der Waals surface area (Å²) >= 11 is 1.28. The molecular formula is C16H15FN2OS. The Kier molecular flexibility index (Phi) is 4.19. The first kappa shape index (κ1) is 15.3. The summed E-state index contributed by atoms with van der Waals surface area (Å²) in [7, 11) is 0. The highest BCUT2D eigenvalue weighted by Gasteiger charge is 2.27. The summed E-state index contributed by atoms with van der Waals surface area (Å²) in [5.74, 6) is -1.22. The minimum atomic E-state index is -0.622. The van der Waals surface area contributed by atoms with Crippen molar-refractivity contribution in [2.45, 2.75) is 20.8 Å². The van der Waals surface area contributed by atoms with Crippen LogP contribution in [0.15, 0.2) is 46.0 Å². The normalized spacial score (nSPS) is 16.8. The lowest BCUT2D eigenvalue weighted by atomic mass is 9.93. The maximum Gasteiger partial charge on any atom is 0.209 e. The van der Waals surface area contributed by atoms with Crippen molar-refractivity contribution in [1.82, 2.24) is 5.32 Å². The van der Waals surface area contributed by atoms with Crippen molar-refractivity contribution >= 4 is 17.5 Å². The van der Waals surface area contributed by atoms with E-state index in [-0.39, 0.29) is 16.6 Å². The molecule has 0 fully saturated rings. The molecule has 1 N–H and O–H groups in total. The Morgan fingerprint density at radius 1 is 1.33 bits per heavy atom. The van der Waals surface area contributed by atoms with Gasteiger partial charge in [-0.2, -0.15) is 5.26 Å². The molecular weight excluding hydrogens is 287 g/mol. The Bertz CT molecular complexity index is 693. The molecule has 1 aliphatic heterocycles. The number of thioether (sulfide) groups is 1. The molecule has 1 heterocycles. The fourth-order valence-corrected chi connectivity index (χ4v) is 2.84. The second kappa shape index (κ2) is 5.74. The molecule has 0 saturated heterocycles. The van der Waals surface area contributed by atoms with Crippen LogP contribution in [0.5, 0.6) is 0 Å². The van der Waals surface area contributed by atoms with E-state index < -0.39 is 11.6 Å². The number of halogens is 1. The SMILES string of the molecule is CC(C)(C)C1=CSC(=C(C#N)C(=O)c2ccccc2F)N1. The van der Waals surface area contributed by atoms with Gasteiger partial charge in [0, 0.05) is 11.1 Å². The molecule has 5 heteroatoms. The first-order chi connectivity index (χ1) is 9.84. The van der Waals surface area contributed by atoms with Crippen molar-refractivity contribution in [3.8, 4) is 6.07 Å². The zero-order chi connectivity index (χ0) is 15.6. The number of nitrogens with one attached hydrogen (secondary N) is 1.